The van der Waals surface area contributed by atoms with Crippen molar-refractivity contribution < 1.29 is 19.1 Å². The van der Waals surface area contributed by atoms with Crippen LogP contribution in [0.2, 0.25) is 0 Å². The SMILES string of the molecule is CCOc1ccc(C(=O)N2CCN(CCNC(=O)C3CC(=O)N(c4ccccc4)C3)CC2)cc1. The van der Waals surface area contributed by atoms with Crippen molar-refractivity contribution in [2.45, 2.75) is 13.3 Å². The van der Waals surface area contributed by atoms with Crippen molar-refractivity contribution in [1.82, 2.24) is 15.1 Å². The molecular weight excluding hydrogens is 432 g/mol. The average molecular weight is 465 g/mol. The molecule has 2 aromatic rings. The van der Waals surface area contributed by atoms with Gasteiger partial charge in [0.25, 0.3) is 5.91 Å². The Morgan fingerprint density at radius 1 is 1.00 bits per heavy atom. The molecule has 0 saturated carbocycles. The van der Waals surface area contributed by atoms with Gasteiger partial charge in [0, 0.05) is 63.5 Å². The lowest BCUT2D eigenvalue weighted by Gasteiger charge is -2.34. The normalized spacial score (nSPS) is 18.7. The van der Waals surface area contributed by atoms with Gasteiger partial charge in [-0.3, -0.25) is 19.3 Å². The molecular formula is C26H32N4O4. The fourth-order valence-electron chi connectivity index (χ4n) is 4.44. The smallest absolute Gasteiger partial charge is 0.253 e. The van der Waals surface area contributed by atoms with E-state index in [-0.39, 0.29) is 30.1 Å². The van der Waals surface area contributed by atoms with Gasteiger partial charge < -0.3 is 19.9 Å². The quantitative estimate of drug-likeness (QED) is 0.646. The number of para-hydroxylation sites is 1. The maximum atomic E-state index is 12.8. The number of rotatable bonds is 8. The van der Waals surface area contributed by atoms with Crippen molar-refractivity contribution in [2.24, 2.45) is 5.92 Å². The van der Waals surface area contributed by atoms with Gasteiger partial charge in [0.15, 0.2) is 0 Å². The van der Waals surface area contributed by atoms with E-state index >= 15 is 0 Å². The Labute approximate surface area is 200 Å². The van der Waals surface area contributed by atoms with Crippen LogP contribution >= 0.6 is 0 Å². The Morgan fingerprint density at radius 3 is 2.38 bits per heavy atom. The van der Waals surface area contributed by atoms with E-state index in [2.05, 4.69) is 10.2 Å². The van der Waals surface area contributed by atoms with Crippen LogP contribution in [0.25, 0.3) is 0 Å². The van der Waals surface area contributed by atoms with E-state index in [0.717, 1.165) is 31.1 Å². The van der Waals surface area contributed by atoms with E-state index < -0.39 is 0 Å². The van der Waals surface area contributed by atoms with Crippen molar-refractivity contribution in [3.05, 3.63) is 60.2 Å². The van der Waals surface area contributed by atoms with Crippen molar-refractivity contribution in [1.29, 1.82) is 0 Å². The molecule has 0 radical (unpaired) electrons. The van der Waals surface area contributed by atoms with Gasteiger partial charge in [0.05, 0.1) is 12.5 Å². The second-order valence-electron chi connectivity index (χ2n) is 8.62. The third kappa shape index (κ3) is 5.75. The van der Waals surface area contributed by atoms with Gasteiger partial charge in [-0.25, -0.2) is 0 Å². The van der Waals surface area contributed by atoms with Crippen LogP contribution < -0.4 is 15.0 Å². The topological polar surface area (TPSA) is 82.2 Å². The highest BCUT2D eigenvalue weighted by Gasteiger charge is 2.35. The molecule has 2 fully saturated rings. The fourth-order valence-corrected chi connectivity index (χ4v) is 4.44. The van der Waals surface area contributed by atoms with Gasteiger partial charge in [-0.05, 0) is 43.3 Å². The Hall–Kier alpha value is -3.39. The zero-order chi connectivity index (χ0) is 23.9. The summed E-state index contributed by atoms with van der Waals surface area (Å²) in [6, 6.07) is 16.7. The molecule has 0 spiro atoms. The average Bonchev–Trinajstić information content (AvgIpc) is 3.27. The lowest BCUT2D eigenvalue weighted by Crippen LogP contribution is -2.50. The molecule has 0 aliphatic carbocycles. The molecule has 8 nitrogen and oxygen atoms in total. The van der Waals surface area contributed by atoms with Gasteiger partial charge >= 0.3 is 0 Å². The Bertz CT molecular complexity index is 988. The molecule has 3 amide bonds. The van der Waals surface area contributed by atoms with Crippen molar-refractivity contribution >= 4 is 23.4 Å². The molecule has 180 valence electrons. The summed E-state index contributed by atoms with van der Waals surface area (Å²) in [7, 11) is 0. The first-order valence-corrected chi connectivity index (χ1v) is 11.9. The number of benzene rings is 2. The molecule has 0 bridgehead atoms. The summed E-state index contributed by atoms with van der Waals surface area (Å²) in [4.78, 5) is 43.5. The lowest BCUT2D eigenvalue weighted by atomic mass is 10.1. The summed E-state index contributed by atoms with van der Waals surface area (Å²) in [6.45, 7) is 7.04. The molecule has 1 atom stereocenters. The first-order valence-electron chi connectivity index (χ1n) is 11.9. The zero-order valence-corrected chi connectivity index (χ0v) is 19.6. The van der Waals surface area contributed by atoms with E-state index in [1.807, 2.05) is 66.4 Å². The van der Waals surface area contributed by atoms with Gasteiger partial charge in [0.1, 0.15) is 5.75 Å². The second kappa shape index (κ2) is 11.2. The van der Waals surface area contributed by atoms with Crippen molar-refractivity contribution in [2.75, 3.05) is 57.3 Å². The minimum atomic E-state index is -0.323. The number of anilines is 1. The summed E-state index contributed by atoms with van der Waals surface area (Å²) >= 11 is 0. The largest absolute Gasteiger partial charge is 0.494 e. The highest BCUT2D eigenvalue weighted by atomic mass is 16.5. The van der Waals surface area contributed by atoms with E-state index in [1.165, 1.54) is 0 Å². The monoisotopic (exact) mass is 464 g/mol. The molecule has 2 aromatic carbocycles. The number of amides is 3. The Balaban J connectivity index is 1.17. The van der Waals surface area contributed by atoms with Gasteiger partial charge in [0.2, 0.25) is 11.8 Å². The lowest BCUT2D eigenvalue weighted by molar-refractivity contribution is -0.126. The van der Waals surface area contributed by atoms with Crippen LogP contribution in [0.15, 0.2) is 54.6 Å². The maximum absolute atomic E-state index is 12.8. The molecule has 2 saturated heterocycles. The molecule has 8 heteroatoms. The molecule has 2 heterocycles. The third-order valence-corrected chi connectivity index (χ3v) is 6.36. The standard InChI is InChI=1S/C26H32N4O4/c1-2-34-23-10-8-20(9-11-23)26(33)29-16-14-28(15-17-29)13-12-27-25(32)21-18-24(31)30(19-21)22-6-4-3-5-7-22/h3-11,21H,2,12-19H2,1H3,(H,27,32). The van der Waals surface area contributed by atoms with Crippen molar-refractivity contribution in [3.63, 3.8) is 0 Å². The van der Waals surface area contributed by atoms with Crippen LogP contribution in [-0.4, -0.2) is 79.9 Å². The summed E-state index contributed by atoms with van der Waals surface area (Å²) in [5.74, 6) is 0.387. The first-order chi connectivity index (χ1) is 16.5. The summed E-state index contributed by atoms with van der Waals surface area (Å²) in [6.07, 6.45) is 0.243. The third-order valence-electron chi connectivity index (χ3n) is 6.36. The van der Waals surface area contributed by atoms with E-state index in [1.54, 1.807) is 4.90 Å². The molecule has 34 heavy (non-hydrogen) atoms. The number of hydrogen-bond acceptors (Lipinski definition) is 5. The van der Waals surface area contributed by atoms with E-state index in [4.69, 9.17) is 4.74 Å². The minimum Gasteiger partial charge on any atom is -0.494 e. The van der Waals surface area contributed by atoms with Crippen LogP contribution in [0.3, 0.4) is 0 Å². The number of ether oxygens (including phenoxy) is 1. The van der Waals surface area contributed by atoms with Gasteiger partial charge in [-0.1, -0.05) is 18.2 Å². The molecule has 2 aliphatic rings. The van der Waals surface area contributed by atoms with Gasteiger partial charge in [-0.15, -0.1) is 0 Å². The molecule has 4 rings (SSSR count). The first kappa shape index (κ1) is 23.8. The van der Waals surface area contributed by atoms with Crippen LogP contribution in [0, 0.1) is 5.92 Å². The fraction of sp³-hybridized carbons (Fsp3) is 0.423. The van der Waals surface area contributed by atoms with Crippen LogP contribution in [0.1, 0.15) is 23.7 Å². The second-order valence-corrected chi connectivity index (χ2v) is 8.62. The van der Waals surface area contributed by atoms with E-state index in [0.29, 0.717) is 38.3 Å². The van der Waals surface area contributed by atoms with E-state index in [9.17, 15) is 14.4 Å². The van der Waals surface area contributed by atoms with Crippen molar-refractivity contribution in [3.8, 4) is 5.75 Å². The summed E-state index contributed by atoms with van der Waals surface area (Å²) < 4.78 is 5.44. The number of nitrogens with zero attached hydrogens (tertiary/aromatic N) is 3. The summed E-state index contributed by atoms with van der Waals surface area (Å²) in [5, 5.41) is 2.99. The van der Waals surface area contributed by atoms with Crippen LogP contribution in [-0.2, 0) is 9.59 Å². The van der Waals surface area contributed by atoms with Gasteiger partial charge in [-0.2, -0.15) is 0 Å². The predicted molar refractivity (Wildman–Crippen MR) is 130 cm³/mol. The number of carbonyl (C=O) groups is 3. The molecule has 1 N–H and O–H groups in total. The van der Waals surface area contributed by atoms with Crippen LogP contribution in [0.4, 0.5) is 5.69 Å². The number of piperazine rings is 1. The molecule has 2 aliphatic heterocycles. The number of hydrogen-bond donors (Lipinski definition) is 1. The molecule has 0 aromatic heterocycles. The number of nitrogens with one attached hydrogen (secondary N) is 1. The predicted octanol–water partition coefficient (Wildman–Crippen LogP) is 2.01. The highest BCUT2D eigenvalue weighted by molar-refractivity contribution is 6.00. The minimum absolute atomic E-state index is 0.0142. The highest BCUT2D eigenvalue weighted by Crippen LogP contribution is 2.24. The maximum Gasteiger partial charge on any atom is 0.253 e. The Morgan fingerprint density at radius 2 is 1.71 bits per heavy atom. The summed E-state index contributed by atoms with van der Waals surface area (Å²) in [5.41, 5.74) is 1.50. The number of carbonyl (C=O) groups excluding carboxylic acids is 3. The Kier molecular flexibility index (Phi) is 7.80. The van der Waals surface area contributed by atoms with Crippen LogP contribution in [0.5, 0.6) is 5.75 Å². The zero-order valence-electron chi connectivity index (χ0n) is 19.6. The molecule has 1 unspecified atom stereocenters.